The van der Waals surface area contributed by atoms with Gasteiger partial charge in [0, 0.05) is 18.3 Å². The first-order chi connectivity index (χ1) is 9.42. The zero-order chi connectivity index (χ0) is 12.7. The van der Waals surface area contributed by atoms with Gasteiger partial charge in [-0.2, -0.15) is 0 Å². The highest BCUT2D eigenvalue weighted by Gasteiger charge is 2.28. The summed E-state index contributed by atoms with van der Waals surface area (Å²) in [7, 11) is 0. The van der Waals surface area contributed by atoms with Crippen LogP contribution in [0.1, 0.15) is 12.0 Å². The smallest absolute Gasteiger partial charge is 0.176 e. The van der Waals surface area contributed by atoms with E-state index in [9.17, 15) is 0 Å². The topological polar surface area (TPSA) is 27.3 Å². The number of para-hydroxylation sites is 2. The fraction of sp³-hybridized carbons (Fsp3) is 0.250. The van der Waals surface area contributed by atoms with Crippen LogP contribution in [0.5, 0.6) is 0 Å². The molecule has 4 rings (SSSR count). The normalized spacial score (nSPS) is 17.4. The zero-order valence-corrected chi connectivity index (χ0v) is 10.7. The van der Waals surface area contributed by atoms with Crippen molar-refractivity contribution in [2.24, 2.45) is 0 Å². The number of hydrogen-bond acceptors (Lipinski definition) is 3. The second-order valence-electron chi connectivity index (χ2n) is 5.08. The molecule has 95 valence electrons. The molecule has 2 aliphatic heterocycles. The maximum Gasteiger partial charge on any atom is 0.176 e. The number of nitrogens with zero attached hydrogens (tertiary/aromatic N) is 1. The standard InChI is InChI=1S/C16H16N3/c1-4-10-15-12(6-1)7-5-11-19(15)16-17-13-8-2-3-9-14(13)18-16/h1-4,6,8,10,16-18H,5,7,11H2. The van der Waals surface area contributed by atoms with Crippen LogP contribution in [0.2, 0.25) is 0 Å². The van der Waals surface area contributed by atoms with E-state index < -0.39 is 0 Å². The zero-order valence-electron chi connectivity index (χ0n) is 10.7. The molecule has 0 amide bonds. The molecule has 1 radical (unpaired) electrons. The molecule has 2 N–H and O–H groups in total. The summed E-state index contributed by atoms with van der Waals surface area (Å²) >= 11 is 0. The largest absolute Gasteiger partial charge is 0.347 e. The van der Waals surface area contributed by atoms with E-state index in [0.29, 0.717) is 0 Å². The molecule has 0 saturated carbocycles. The van der Waals surface area contributed by atoms with Crippen LogP contribution in [0, 0.1) is 6.07 Å². The van der Waals surface area contributed by atoms with E-state index in [1.54, 1.807) is 0 Å². The van der Waals surface area contributed by atoms with Gasteiger partial charge in [-0.1, -0.05) is 30.3 Å². The summed E-state index contributed by atoms with van der Waals surface area (Å²) in [5, 5.41) is 7.03. The predicted octanol–water partition coefficient (Wildman–Crippen LogP) is 3.06. The van der Waals surface area contributed by atoms with Gasteiger partial charge in [0.1, 0.15) is 0 Å². The molecule has 2 aromatic rings. The van der Waals surface area contributed by atoms with Gasteiger partial charge in [0.25, 0.3) is 0 Å². The first-order valence-corrected chi connectivity index (χ1v) is 6.80. The number of nitrogens with one attached hydrogen (secondary N) is 2. The number of benzene rings is 2. The van der Waals surface area contributed by atoms with Crippen LogP contribution >= 0.6 is 0 Å². The summed E-state index contributed by atoms with van der Waals surface area (Å²) < 4.78 is 0. The Hall–Kier alpha value is -2.16. The molecule has 2 aliphatic rings. The molecule has 2 aromatic carbocycles. The highest BCUT2D eigenvalue weighted by atomic mass is 15.4. The fourth-order valence-corrected chi connectivity index (χ4v) is 2.98. The van der Waals surface area contributed by atoms with Crippen molar-refractivity contribution in [3.05, 3.63) is 54.1 Å². The minimum atomic E-state index is 0.134. The predicted molar refractivity (Wildman–Crippen MR) is 78.4 cm³/mol. The van der Waals surface area contributed by atoms with Gasteiger partial charge in [0.15, 0.2) is 6.29 Å². The number of aryl methyl sites for hydroxylation is 1. The van der Waals surface area contributed by atoms with Gasteiger partial charge in [0.2, 0.25) is 0 Å². The van der Waals surface area contributed by atoms with Crippen LogP contribution in [0.3, 0.4) is 0 Å². The van der Waals surface area contributed by atoms with Gasteiger partial charge >= 0.3 is 0 Å². The summed E-state index contributed by atoms with van der Waals surface area (Å²) in [5.41, 5.74) is 4.98. The van der Waals surface area contributed by atoms with Crippen LogP contribution in [-0.4, -0.2) is 12.8 Å². The van der Waals surface area contributed by atoms with E-state index in [1.165, 1.54) is 24.1 Å². The SMILES string of the molecule is [c]1cccc2c1NC(N1CCCc3ccccc31)N2. The van der Waals surface area contributed by atoms with Crippen molar-refractivity contribution in [3.8, 4) is 0 Å². The Balaban J connectivity index is 1.66. The van der Waals surface area contributed by atoms with E-state index in [1.807, 2.05) is 12.1 Å². The molecule has 2 heterocycles. The van der Waals surface area contributed by atoms with Crippen LogP contribution in [-0.2, 0) is 6.42 Å². The highest BCUT2D eigenvalue weighted by molar-refractivity contribution is 5.75. The average Bonchev–Trinajstić information content (AvgIpc) is 2.90. The third-order valence-corrected chi connectivity index (χ3v) is 3.89. The summed E-state index contributed by atoms with van der Waals surface area (Å²) in [6.07, 6.45) is 2.52. The molecule has 0 saturated heterocycles. The van der Waals surface area contributed by atoms with Crippen molar-refractivity contribution in [2.75, 3.05) is 22.1 Å². The fourth-order valence-electron chi connectivity index (χ4n) is 2.98. The van der Waals surface area contributed by atoms with Gasteiger partial charge in [-0.05, 0) is 30.5 Å². The van der Waals surface area contributed by atoms with E-state index in [2.05, 4.69) is 51.9 Å². The molecular weight excluding hydrogens is 234 g/mol. The molecule has 0 spiro atoms. The Kier molecular flexibility index (Phi) is 2.37. The number of fused-ring (bicyclic) bond motifs is 2. The van der Waals surface area contributed by atoms with Gasteiger partial charge < -0.3 is 15.5 Å². The average molecular weight is 250 g/mol. The van der Waals surface area contributed by atoms with Gasteiger partial charge in [-0.3, -0.25) is 0 Å². The molecule has 19 heavy (non-hydrogen) atoms. The first kappa shape index (κ1) is 10.7. The minimum Gasteiger partial charge on any atom is -0.347 e. The molecular formula is C16H16N3. The van der Waals surface area contributed by atoms with Crippen LogP contribution in [0.25, 0.3) is 0 Å². The molecule has 1 unspecified atom stereocenters. The molecule has 3 nitrogen and oxygen atoms in total. The van der Waals surface area contributed by atoms with E-state index in [-0.39, 0.29) is 6.29 Å². The van der Waals surface area contributed by atoms with E-state index in [0.717, 1.165) is 17.9 Å². The van der Waals surface area contributed by atoms with Crippen molar-refractivity contribution in [1.82, 2.24) is 0 Å². The summed E-state index contributed by atoms with van der Waals surface area (Å²) in [6.45, 7) is 1.08. The third-order valence-electron chi connectivity index (χ3n) is 3.89. The van der Waals surface area contributed by atoms with Crippen LogP contribution < -0.4 is 15.5 Å². The lowest BCUT2D eigenvalue weighted by Crippen LogP contribution is -2.46. The maximum absolute atomic E-state index is 3.53. The van der Waals surface area contributed by atoms with Crippen molar-refractivity contribution in [1.29, 1.82) is 0 Å². The molecule has 0 aromatic heterocycles. The molecule has 0 bridgehead atoms. The van der Waals surface area contributed by atoms with Crippen molar-refractivity contribution >= 4 is 17.1 Å². The Labute approximate surface area is 113 Å². The van der Waals surface area contributed by atoms with Crippen molar-refractivity contribution < 1.29 is 0 Å². The number of anilines is 3. The summed E-state index contributed by atoms with van der Waals surface area (Å²) in [6, 6.07) is 18.0. The monoisotopic (exact) mass is 250 g/mol. The van der Waals surface area contributed by atoms with Gasteiger partial charge in [-0.15, -0.1) is 0 Å². The molecule has 0 fully saturated rings. The lowest BCUT2D eigenvalue weighted by Gasteiger charge is -2.36. The molecule has 3 heteroatoms. The Bertz CT molecular complexity index is 583. The Morgan fingerprint density at radius 3 is 3.00 bits per heavy atom. The van der Waals surface area contributed by atoms with Gasteiger partial charge in [-0.25, -0.2) is 0 Å². The number of hydrogen-bond donors (Lipinski definition) is 2. The van der Waals surface area contributed by atoms with Crippen molar-refractivity contribution in [2.45, 2.75) is 19.1 Å². The highest BCUT2D eigenvalue weighted by Crippen LogP contribution is 2.34. The number of rotatable bonds is 1. The third kappa shape index (κ3) is 1.73. The summed E-state index contributed by atoms with van der Waals surface area (Å²) in [4.78, 5) is 2.41. The lowest BCUT2D eigenvalue weighted by atomic mass is 10.0. The van der Waals surface area contributed by atoms with Crippen molar-refractivity contribution in [3.63, 3.8) is 0 Å². The first-order valence-electron chi connectivity index (χ1n) is 6.80. The van der Waals surface area contributed by atoms with Crippen LogP contribution in [0.15, 0.2) is 42.5 Å². The minimum absolute atomic E-state index is 0.134. The van der Waals surface area contributed by atoms with E-state index in [4.69, 9.17) is 0 Å². The van der Waals surface area contributed by atoms with E-state index >= 15 is 0 Å². The second kappa shape index (κ2) is 4.19. The second-order valence-corrected chi connectivity index (χ2v) is 5.08. The Morgan fingerprint density at radius 1 is 1.11 bits per heavy atom. The molecule has 0 aliphatic carbocycles. The lowest BCUT2D eigenvalue weighted by molar-refractivity contribution is 0.650. The quantitative estimate of drug-likeness (QED) is 0.814. The molecule has 1 atom stereocenters. The van der Waals surface area contributed by atoms with Gasteiger partial charge in [0.05, 0.1) is 11.4 Å². The summed E-state index contributed by atoms with van der Waals surface area (Å²) in [5.74, 6) is 0. The Morgan fingerprint density at radius 2 is 2.05 bits per heavy atom. The van der Waals surface area contributed by atoms with Crippen LogP contribution in [0.4, 0.5) is 17.1 Å². The maximum atomic E-state index is 3.53.